The van der Waals surface area contributed by atoms with Gasteiger partial charge in [0.1, 0.15) is 10.7 Å². The molecule has 3 N–H and O–H groups in total. The van der Waals surface area contributed by atoms with E-state index < -0.39 is 10.0 Å². The van der Waals surface area contributed by atoms with Crippen LogP contribution in [-0.4, -0.2) is 13.4 Å². The highest BCUT2D eigenvalue weighted by molar-refractivity contribution is 7.92. The normalized spacial score (nSPS) is 11.3. The van der Waals surface area contributed by atoms with E-state index in [1.165, 1.54) is 18.3 Å². The van der Waals surface area contributed by atoms with Gasteiger partial charge < -0.3 is 5.73 Å². The highest BCUT2D eigenvalue weighted by atomic mass is 32.2. The minimum absolute atomic E-state index is 0.0849. The molecule has 0 fully saturated rings. The summed E-state index contributed by atoms with van der Waals surface area (Å²) in [6, 6.07) is 8.39. The summed E-state index contributed by atoms with van der Waals surface area (Å²) >= 11 is 0. The number of aryl methyl sites for hydroxylation is 2. The minimum atomic E-state index is -3.63. The maximum absolute atomic E-state index is 12.2. The first-order valence-electron chi connectivity index (χ1n) is 5.70. The number of rotatable bonds is 3. The number of pyridine rings is 1. The first kappa shape index (κ1) is 13.4. The van der Waals surface area contributed by atoms with Gasteiger partial charge in [0.25, 0.3) is 10.0 Å². The van der Waals surface area contributed by atoms with Crippen molar-refractivity contribution >= 4 is 21.5 Å². The third-order valence-electron chi connectivity index (χ3n) is 2.70. The van der Waals surface area contributed by atoms with Gasteiger partial charge in [0.2, 0.25) is 0 Å². The molecular weight excluding hydrogens is 262 g/mol. The first-order chi connectivity index (χ1) is 8.88. The second kappa shape index (κ2) is 4.89. The number of nitrogens with zero attached hydrogens (tertiary/aromatic N) is 1. The maximum Gasteiger partial charge on any atom is 0.263 e. The SMILES string of the molecule is Cc1ccc(NS(=O)(=O)c2ccc(N)nc2)c(C)c1. The highest BCUT2D eigenvalue weighted by Gasteiger charge is 2.15. The van der Waals surface area contributed by atoms with E-state index in [9.17, 15) is 8.42 Å². The van der Waals surface area contributed by atoms with Crippen LogP contribution in [0, 0.1) is 13.8 Å². The Morgan fingerprint density at radius 3 is 2.47 bits per heavy atom. The molecule has 100 valence electrons. The molecule has 0 saturated heterocycles. The van der Waals surface area contributed by atoms with Gasteiger partial charge in [0.05, 0.1) is 5.69 Å². The predicted molar refractivity (Wildman–Crippen MR) is 75.4 cm³/mol. The Balaban J connectivity index is 2.33. The number of nitrogen functional groups attached to an aromatic ring is 1. The fourth-order valence-corrected chi connectivity index (χ4v) is 2.76. The van der Waals surface area contributed by atoms with Gasteiger partial charge in [-0.2, -0.15) is 0 Å². The molecule has 0 atom stereocenters. The van der Waals surface area contributed by atoms with Crippen LogP contribution in [0.15, 0.2) is 41.4 Å². The van der Waals surface area contributed by atoms with E-state index in [0.29, 0.717) is 5.69 Å². The summed E-state index contributed by atoms with van der Waals surface area (Å²) < 4.78 is 26.9. The Bertz CT molecular complexity index is 694. The van der Waals surface area contributed by atoms with Crippen LogP contribution in [0.25, 0.3) is 0 Å². The number of anilines is 2. The van der Waals surface area contributed by atoms with Crippen LogP contribution < -0.4 is 10.5 Å². The first-order valence-corrected chi connectivity index (χ1v) is 7.18. The van der Waals surface area contributed by atoms with Crippen LogP contribution in [0.3, 0.4) is 0 Å². The number of aromatic nitrogens is 1. The largest absolute Gasteiger partial charge is 0.384 e. The number of benzene rings is 1. The predicted octanol–water partition coefficient (Wildman–Crippen LogP) is 2.08. The zero-order chi connectivity index (χ0) is 14.0. The van der Waals surface area contributed by atoms with Crippen molar-refractivity contribution < 1.29 is 8.42 Å². The number of nitrogens with two attached hydrogens (primary N) is 1. The molecule has 2 aromatic rings. The van der Waals surface area contributed by atoms with Gasteiger partial charge in [-0.3, -0.25) is 4.72 Å². The molecule has 1 aromatic heterocycles. The summed E-state index contributed by atoms with van der Waals surface area (Å²) in [7, 11) is -3.63. The Morgan fingerprint density at radius 2 is 1.89 bits per heavy atom. The fraction of sp³-hybridized carbons (Fsp3) is 0.154. The average Bonchev–Trinajstić information content (AvgIpc) is 2.33. The summed E-state index contributed by atoms with van der Waals surface area (Å²) in [6.45, 7) is 3.81. The molecule has 0 radical (unpaired) electrons. The number of hydrogen-bond acceptors (Lipinski definition) is 4. The van der Waals surface area contributed by atoms with Crippen LogP contribution in [0.5, 0.6) is 0 Å². The molecule has 0 bridgehead atoms. The van der Waals surface area contributed by atoms with E-state index in [1.54, 1.807) is 6.07 Å². The van der Waals surface area contributed by atoms with Crippen molar-refractivity contribution in [2.75, 3.05) is 10.5 Å². The summed E-state index contributed by atoms with van der Waals surface area (Å²) in [5.41, 5.74) is 7.94. The molecule has 19 heavy (non-hydrogen) atoms. The molecule has 0 spiro atoms. The van der Waals surface area contributed by atoms with E-state index >= 15 is 0 Å². The van der Waals surface area contributed by atoms with Gasteiger partial charge in [-0.05, 0) is 37.6 Å². The van der Waals surface area contributed by atoms with E-state index in [0.717, 1.165) is 11.1 Å². The minimum Gasteiger partial charge on any atom is -0.384 e. The van der Waals surface area contributed by atoms with Crippen molar-refractivity contribution in [3.05, 3.63) is 47.7 Å². The fourth-order valence-electron chi connectivity index (χ4n) is 1.68. The summed E-state index contributed by atoms with van der Waals surface area (Å²) in [4.78, 5) is 3.87. The molecule has 0 aliphatic heterocycles. The van der Waals surface area contributed by atoms with Gasteiger partial charge in [-0.25, -0.2) is 13.4 Å². The highest BCUT2D eigenvalue weighted by Crippen LogP contribution is 2.20. The quantitative estimate of drug-likeness (QED) is 0.899. The van der Waals surface area contributed by atoms with Crippen molar-refractivity contribution in [2.24, 2.45) is 0 Å². The summed E-state index contributed by atoms with van der Waals surface area (Å²) in [5.74, 6) is 0.283. The Hall–Kier alpha value is -2.08. The lowest BCUT2D eigenvalue weighted by atomic mass is 10.1. The van der Waals surface area contributed by atoms with Crippen molar-refractivity contribution in [3.8, 4) is 0 Å². The molecule has 5 nitrogen and oxygen atoms in total. The van der Waals surface area contributed by atoms with Crippen molar-refractivity contribution in [1.29, 1.82) is 0 Å². The lowest BCUT2D eigenvalue weighted by molar-refractivity contribution is 0.601. The Labute approximate surface area is 112 Å². The molecule has 0 aliphatic rings. The summed E-state index contributed by atoms with van der Waals surface area (Å²) in [6.07, 6.45) is 1.24. The van der Waals surface area contributed by atoms with Crippen molar-refractivity contribution in [1.82, 2.24) is 4.98 Å². The standard InChI is InChI=1S/C13H15N3O2S/c1-9-3-5-12(10(2)7-9)16-19(17,18)11-4-6-13(14)15-8-11/h3-8,16H,1-2H3,(H2,14,15). The molecule has 1 heterocycles. The monoisotopic (exact) mass is 277 g/mol. The molecule has 0 amide bonds. The van der Waals surface area contributed by atoms with Gasteiger partial charge >= 0.3 is 0 Å². The van der Waals surface area contributed by atoms with Gasteiger partial charge in [-0.1, -0.05) is 17.7 Å². The zero-order valence-corrected chi connectivity index (χ0v) is 11.5. The maximum atomic E-state index is 12.2. The zero-order valence-electron chi connectivity index (χ0n) is 10.7. The molecular formula is C13H15N3O2S. The van der Waals surface area contributed by atoms with Gasteiger partial charge in [-0.15, -0.1) is 0 Å². The number of hydrogen-bond donors (Lipinski definition) is 2. The molecule has 0 saturated carbocycles. The van der Waals surface area contributed by atoms with E-state index in [-0.39, 0.29) is 10.7 Å². The van der Waals surface area contributed by atoms with Gasteiger partial charge in [0, 0.05) is 6.20 Å². The Morgan fingerprint density at radius 1 is 1.16 bits per heavy atom. The van der Waals surface area contributed by atoms with Crippen LogP contribution in [0.1, 0.15) is 11.1 Å². The molecule has 2 rings (SSSR count). The molecule has 6 heteroatoms. The smallest absolute Gasteiger partial charge is 0.263 e. The second-order valence-electron chi connectivity index (χ2n) is 4.34. The number of sulfonamides is 1. The molecule has 1 aromatic carbocycles. The topological polar surface area (TPSA) is 85.1 Å². The third-order valence-corrected chi connectivity index (χ3v) is 4.05. The molecule has 0 aliphatic carbocycles. The van der Waals surface area contributed by atoms with E-state index in [4.69, 9.17) is 5.73 Å². The van der Waals surface area contributed by atoms with E-state index in [2.05, 4.69) is 9.71 Å². The summed E-state index contributed by atoms with van der Waals surface area (Å²) in [5, 5.41) is 0. The number of nitrogens with one attached hydrogen (secondary N) is 1. The lowest BCUT2D eigenvalue weighted by Crippen LogP contribution is -2.14. The second-order valence-corrected chi connectivity index (χ2v) is 6.03. The van der Waals surface area contributed by atoms with Crippen LogP contribution in [0.4, 0.5) is 11.5 Å². The molecule has 0 unspecified atom stereocenters. The lowest BCUT2D eigenvalue weighted by Gasteiger charge is -2.11. The van der Waals surface area contributed by atoms with Crippen LogP contribution >= 0.6 is 0 Å². The van der Waals surface area contributed by atoms with Crippen molar-refractivity contribution in [2.45, 2.75) is 18.7 Å². The Kier molecular flexibility index (Phi) is 3.44. The third kappa shape index (κ3) is 3.03. The van der Waals surface area contributed by atoms with Crippen molar-refractivity contribution in [3.63, 3.8) is 0 Å². The van der Waals surface area contributed by atoms with Crippen LogP contribution in [-0.2, 0) is 10.0 Å². The van der Waals surface area contributed by atoms with Crippen LogP contribution in [0.2, 0.25) is 0 Å². The average molecular weight is 277 g/mol. The van der Waals surface area contributed by atoms with Gasteiger partial charge in [0.15, 0.2) is 0 Å². The van der Waals surface area contributed by atoms with E-state index in [1.807, 2.05) is 26.0 Å².